The van der Waals surface area contributed by atoms with Crippen molar-refractivity contribution in [3.63, 3.8) is 0 Å². The Bertz CT molecular complexity index is 1210. The second kappa shape index (κ2) is 10.5. The SMILES string of the molecule is NC(=O)c1nsc(C(=O)N(c2ccccc2)[C@@H](C(=O)NC[C@@H]2CCCO2)c2ccc(O)cc2)c1N. The predicted molar refractivity (Wildman–Crippen MR) is 131 cm³/mol. The smallest absolute Gasteiger partial charge is 0.273 e. The summed E-state index contributed by atoms with van der Waals surface area (Å²) < 4.78 is 9.55. The highest BCUT2D eigenvalue weighted by Crippen LogP contribution is 2.33. The summed E-state index contributed by atoms with van der Waals surface area (Å²) >= 11 is 0.737. The molecule has 182 valence electrons. The van der Waals surface area contributed by atoms with Crippen LogP contribution in [0.25, 0.3) is 0 Å². The lowest BCUT2D eigenvalue weighted by molar-refractivity contribution is -0.123. The number of ether oxygens (including phenoxy) is 1. The average Bonchev–Trinajstić information content (AvgIpc) is 3.51. The quantitative estimate of drug-likeness (QED) is 0.372. The molecule has 2 aromatic carbocycles. The van der Waals surface area contributed by atoms with Crippen LogP contribution in [0.15, 0.2) is 54.6 Å². The lowest BCUT2D eigenvalue weighted by Crippen LogP contribution is -2.45. The van der Waals surface area contributed by atoms with Gasteiger partial charge < -0.3 is 26.6 Å². The summed E-state index contributed by atoms with van der Waals surface area (Å²) in [5.74, 6) is -1.90. The molecular weight excluding hydrogens is 470 g/mol. The molecule has 3 aromatic rings. The number of aromatic nitrogens is 1. The van der Waals surface area contributed by atoms with Gasteiger partial charge in [-0.05, 0) is 54.2 Å². The van der Waals surface area contributed by atoms with Crippen LogP contribution in [0.5, 0.6) is 5.75 Å². The van der Waals surface area contributed by atoms with E-state index in [2.05, 4.69) is 9.69 Å². The molecule has 0 bridgehead atoms. The minimum absolute atomic E-state index is 0.0154. The van der Waals surface area contributed by atoms with Crippen LogP contribution in [0.4, 0.5) is 11.4 Å². The largest absolute Gasteiger partial charge is 0.508 e. The van der Waals surface area contributed by atoms with Crippen molar-refractivity contribution in [3.8, 4) is 5.75 Å². The van der Waals surface area contributed by atoms with E-state index in [4.69, 9.17) is 16.2 Å². The Morgan fingerprint density at radius 2 is 1.89 bits per heavy atom. The number of carbonyl (C=O) groups is 3. The van der Waals surface area contributed by atoms with Crippen LogP contribution in [0, 0.1) is 0 Å². The summed E-state index contributed by atoms with van der Waals surface area (Å²) in [6, 6.07) is 13.5. The van der Waals surface area contributed by atoms with E-state index in [0.717, 1.165) is 24.4 Å². The highest BCUT2D eigenvalue weighted by Gasteiger charge is 2.36. The number of benzene rings is 2. The van der Waals surface area contributed by atoms with Gasteiger partial charge in [0.05, 0.1) is 11.8 Å². The van der Waals surface area contributed by atoms with Gasteiger partial charge in [0.1, 0.15) is 16.7 Å². The second-order valence-corrected chi connectivity index (χ2v) is 8.80. The summed E-state index contributed by atoms with van der Waals surface area (Å²) in [6.45, 7) is 0.933. The fourth-order valence-corrected chi connectivity index (χ4v) is 4.64. The number of anilines is 2. The number of aromatic hydroxyl groups is 1. The molecule has 0 saturated carbocycles. The molecule has 1 aliphatic rings. The van der Waals surface area contributed by atoms with E-state index >= 15 is 0 Å². The number of rotatable bonds is 8. The van der Waals surface area contributed by atoms with Crippen molar-refractivity contribution in [2.75, 3.05) is 23.8 Å². The first kappa shape index (κ1) is 24.2. The fourth-order valence-electron chi connectivity index (χ4n) is 3.90. The zero-order valence-electron chi connectivity index (χ0n) is 18.7. The summed E-state index contributed by atoms with van der Waals surface area (Å²) in [5.41, 5.74) is 11.9. The van der Waals surface area contributed by atoms with Gasteiger partial charge in [0.2, 0.25) is 5.91 Å². The molecule has 0 unspecified atom stereocenters. The molecule has 1 aromatic heterocycles. The standard InChI is InChI=1S/C24H25N5O5S/c25-18-19(22(26)31)28-35-21(18)24(33)29(15-5-2-1-3-6-15)20(14-8-10-16(30)11-9-14)23(32)27-13-17-7-4-12-34-17/h1-3,5-6,8-11,17,20,30H,4,7,12-13,25H2,(H2,26,31)(H,27,32)/t17-,20+/m0/s1. The third-order valence-corrected chi connectivity index (χ3v) is 6.50. The number of hydrogen-bond acceptors (Lipinski definition) is 8. The maximum Gasteiger partial charge on any atom is 0.273 e. The number of hydrogen-bond donors (Lipinski definition) is 4. The van der Waals surface area contributed by atoms with Gasteiger partial charge in [0.25, 0.3) is 11.8 Å². The molecule has 4 rings (SSSR count). The van der Waals surface area contributed by atoms with Gasteiger partial charge in [0, 0.05) is 18.8 Å². The van der Waals surface area contributed by atoms with Crippen molar-refractivity contribution in [1.29, 1.82) is 0 Å². The van der Waals surface area contributed by atoms with Crippen LogP contribution in [0.3, 0.4) is 0 Å². The zero-order chi connectivity index (χ0) is 24.9. The number of phenols is 1. The van der Waals surface area contributed by atoms with Crippen molar-refractivity contribution in [2.24, 2.45) is 5.73 Å². The number of nitrogen functional groups attached to an aromatic ring is 1. The number of phenolic OH excluding ortho intramolecular Hbond substituents is 1. The third kappa shape index (κ3) is 5.26. The minimum Gasteiger partial charge on any atom is -0.508 e. The molecule has 2 atom stereocenters. The Hall–Kier alpha value is -3.96. The summed E-state index contributed by atoms with van der Waals surface area (Å²) in [4.78, 5) is 40.4. The van der Waals surface area contributed by atoms with Gasteiger partial charge in [-0.2, -0.15) is 4.37 Å². The summed E-state index contributed by atoms with van der Waals surface area (Å²) in [5, 5.41) is 12.7. The highest BCUT2D eigenvalue weighted by molar-refractivity contribution is 7.09. The number of primary amides is 1. The molecule has 6 N–H and O–H groups in total. The van der Waals surface area contributed by atoms with Crippen LogP contribution in [-0.4, -0.2) is 46.5 Å². The van der Waals surface area contributed by atoms with E-state index in [0.29, 0.717) is 24.4 Å². The molecule has 0 radical (unpaired) electrons. The van der Waals surface area contributed by atoms with Gasteiger partial charge in [-0.1, -0.05) is 30.3 Å². The number of para-hydroxylation sites is 1. The normalized spacial score (nSPS) is 15.9. The molecule has 3 amide bonds. The Balaban J connectivity index is 1.78. The molecular formula is C24H25N5O5S. The van der Waals surface area contributed by atoms with Crippen molar-refractivity contribution in [1.82, 2.24) is 9.69 Å². The van der Waals surface area contributed by atoms with E-state index in [9.17, 15) is 19.5 Å². The monoisotopic (exact) mass is 495 g/mol. The maximum absolute atomic E-state index is 13.9. The fraction of sp³-hybridized carbons (Fsp3) is 0.250. The molecule has 35 heavy (non-hydrogen) atoms. The van der Waals surface area contributed by atoms with Crippen molar-refractivity contribution >= 4 is 40.6 Å². The van der Waals surface area contributed by atoms with Crippen LogP contribution in [0.1, 0.15) is 44.6 Å². The lowest BCUT2D eigenvalue weighted by atomic mass is 10.0. The van der Waals surface area contributed by atoms with E-state index < -0.39 is 23.8 Å². The number of carbonyl (C=O) groups excluding carboxylic acids is 3. The topological polar surface area (TPSA) is 161 Å². The highest BCUT2D eigenvalue weighted by atomic mass is 32.1. The first-order chi connectivity index (χ1) is 16.9. The Kier molecular flexibility index (Phi) is 7.28. The van der Waals surface area contributed by atoms with Crippen LogP contribution in [-0.2, 0) is 9.53 Å². The van der Waals surface area contributed by atoms with Crippen LogP contribution >= 0.6 is 11.5 Å². The molecule has 0 spiro atoms. The number of amides is 3. The molecule has 11 heteroatoms. The summed E-state index contributed by atoms with van der Waals surface area (Å²) in [6.07, 6.45) is 1.65. The first-order valence-electron chi connectivity index (χ1n) is 11.0. The maximum atomic E-state index is 13.9. The average molecular weight is 496 g/mol. The minimum atomic E-state index is -1.12. The van der Waals surface area contributed by atoms with Crippen molar-refractivity contribution in [3.05, 3.63) is 70.7 Å². The van der Waals surface area contributed by atoms with E-state index in [1.54, 1.807) is 42.5 Å². The van der Waals surface area contributed by atoms with Crippen LogP contribution < -0.4 is 21.7 Å². The van der Waals surface area contributed by atoms with Gasteiger partial charge in [-0.3, -0.25) is 19.3 Å². The Morgan fingerprint density at radius 1 is 1.17 bits per heavy atom. The zero-order valence-corrected chi connectivity index (χ0v) is 19.5. The first-order valence-corrected chi connectivity index (χ1v) is 11.8. The number of nitrogens with zero attached hydrogens (tertiary/aromatic N) is 2. The molecule has 1 fully saturated rings. The second-order valence-electron chi connectivity index (χ2n) is 8.02. The van der Waals surface area contributed by atoms with E-state index in [1.807, 2.05) is 0 Å². The van der Waals surface area contributed by atoms with Crippen molar-refractivity contribution < 1.29 is 24.2 Å². The van der Waals surface area contributed by atoms with Gasteiger partial charge >= 0.3 is 0 Å². The van der Waals surface area contributed by atoms with Crippen LogP contribution in [0.2, 0.25) is 0 Å². The Labute approximate surface area is 205 Å². The van der Waals surface area contributed by atoms with Gasteiger partial charge in [-0.15, -0.1) is 0 Å². The molecule has 1 saturated heterocycles. The van der Waals surface area contributed by atoms with Gasteiger partial charge in [0.15, 0.2) is 5.69 Å². The molecule has 1 aliphatic heterocycles. The number of nitrogens with two attached hydrogens (primary N) is 2. The third-order valence-electron chi connectivity index (χ3n) is 5.65. The molecule has 0 aliphatic carbocycles. The number of nitrogens with one attached hydrogen (secondary N) is 1. The van der Waals surface area contributed by atoms with Crippen molar-refractivity contribution in [2.45, 2.75) is 25.0 Å². The predicted octanol–water partition coefficient (Wildman–Crippen LogP) is 2.21. The summed E-state index contributed by atoms with van der Waals surface area (Å²) in [7, 11) is 0. The van der Waals surface area contributed by atoms with Gasteiger partial charge in [-0.25, -0.2) is 0 Å². The van der Waals surface area contributed by atoms with E-state index in [1.165, 1.54) is 17.0 Å². The Morgan fingerprint density at radius 3 is 2.49 bits per heavy atom. The van der Waals surface area contributed by atoms with E-state index in [-0.39, 0.29) is 28.1 Å². The lowest BCUT2D eigenvalue weighted by Gasteiger charge is -2.31. The molecule has 10 nitrogen and oxygen atoms in total. The molecule has 2 heterocycles.